The molecule has 0 aromatic rings. The standard InChI is InChI=1S/C16H26O4/c1-11-9-12(5-4-8-17)19-14(11)7-6-13-10-16(2,3)15(18)20-13/h12-14,17H,1,4-10H2,2-3H3/t12?,13-,14+/m1/s1. The number of carbonyl (C=O) groups excluding carboxylic acids is 1. The Morgan fingerprint density at radius 2 is 2.05 bits per heavy atom. The summed E-state index contributed by atoms with van der Waals surface area (Å²) >= 11 is 0. The molecule has 2 fully saturated rings. The quantitative estimate of drug-likeness (QED) is 0.601. The maximum atomic E-state index is 11.6. The molecule has 4 nitrogen and oxygen atoms in total. The normalized spacial score (nSPS) is 32.6. The molecule has 0 spiro atoms. The van der Waals surface area contributed by atoms with E-state index in [-0.39, 0.29) is 36.3 Å². The van der Waals surface area contributed by atoms with Crippen molar-refractivity contribution in [3.05, 3.63) is 12.2 Å². The average Bonchev–Trinajstić information content (AvgIpc) is 2.85. The summed E-state index contributed by atoms with van der Waals surface area (Å²) in [7, 11) is 0. The minimum absolute atomic E-state index is 0.0189. The number of cyclic esters (lactones) is 1. The predicted molar refractivity (Wildman–Crippen MR) is 76.2 cm³/mol. The maximum Gasteiger partial charge on any atom is 0.311 e. The van der Waals surface area contributed by atoms with Crippen molar-refractivity contribution in [3.8, 4) is 0 Å². The van der Waals surface area contributed by atoms with E-state index in [4.69, 9.17) is 14.6 Å². The van der Waals surface area contributed by atoms with Crippen LogP contribution in [0.2, 0.25) is 0 Å². The summed E-state index contributed by atoms with van der Waals surface area (Å²) in [4.78, 5) is 11.6. The smallest absolute Gasteiger partial charge is 0.311 e. The lowest BCUT2D eigenvalue weighted by Gasteiger charge is -2.16. The van der Waals surface area contributed by atoms with Crippen LogP contribution in [-0.4, -0.2) is 36.0 Å². The molecule has 0 saturated carbocycles. The third kappa shape index (κ3) is 3.61. The summed E-state index contributed by atoms with van der Waals surface area (Å²) < 4.78 is 11.4. The molecular weight excluding hydrogens is 256 g/mol. The Balaban J connectivity index is 1.75. The number of aliphatic hydroxyl groups excluding tert-OH is 1. The van der Waals surface area contributed by atoms with E-state index in [1.807, 2.05) is 13.8 Å². The monoisotopic (exact) mass is 282 g/mol. The molecule has 2 heterocycles. The molecule has 0 aromatic heterocycles. The number of hydrogen-bond acceptors (Lipinski definition) is 4. The number of aliphatic hydroxyl groups is 1. The van der Waals surface area contributed by atoms with Crippen molar-refractivity contribution in [2.24, 2.45) is 5.41 Å². The fraction of sp³-hybridized carbons (Fsp3) is 0.812. The van der Waals surface area contributed by atoms with Crippen molar-refractivity contribution < 1.29 is 19.4 Å². The van der Waals surface area contributed by atoms with Gasteiger partial charge >= 0.3 is 5.97 Å². The van der Waals surface area contributed by atoms with Gasteiger partial charge in [-0.3, -0.25) is 4.79 Å². The van der Waals surface area contributed by atoms with Gasteiger partial charge in [0.2, 0.25) is 0 Å². The highest BCUT2D eigenvalue weighted by atomic mass is 16.6. The zero-order valence-corrected chi connectivity index (χ0v) is 12.6. The van der Waals surface area contributed by atoms with Gasteiger partial charge in [0.1, 0.15) is 6.10 Å². The second-order valence-corrected chi connectivity index (χ2v) is 6.67. The molecule has 1 unspecified atom stereocenters. The van der Waals surface area contributed by atoms with Crippen LogP contribution >= 0.6 is 0 Å². The summed E-state index contributed by atoms with van der Waals surface area (Å²) in [5.41, 5.74) is 0.790. The van der Waals surface area contributed by atoms with Gasteiger partial charge in [-0.25, -0.2) is 0 Å². The van der Waals surface area contributed by atoms with Crippen LogP contribution in [0.1, 0.15) is 52.4 Å². The number of esters is 1. The average molecular weight is 282 g/mol. The zero-order chi connectivity index (χ0) is 14.8. The van der Waals surface area contributed by atoms with E-state index >= 15 is 0 Å². The Morgan fingerprint density at radius 1 is 1.30 bits per heavy atom. The second-order valence-electron chi connectivity index (χ2n) is 6.67. The lowest BCUT2D eigenvalue weighted by molar-refractivity contribution is -0.147. The van der Waals surface area contributed by atoms with E-state index in [1.165, 1.54) is 0 Å². The first-order valence-corrected chi connectivity index (χ1v) is 7.57. The van der Waals surface area contributed by atoms with Gasteiger partial charge in [-0.1, -0.05) is 6.58 Å². The maximum absolute atomic E-state index is 11.6. The van der Waals surface area contributed by atoms with Crippen LogP contribution in [0.15, 0.2) is 12.2 Å². The minimum atomic E-state index is -0.345. The number of hydrogen-bond donors (Lipinski definition) is 1. The zero-order valence-electron chi connectivity index (χ0n) is 12.6. The van der Waals surface area contributed by atoms with E-state index < -0.39 is 0 Å². The molecule has 3 atom stereocenters. The van der Waals surface area contributed by atoms with Gasteiger partial charge in [0, 0.05) is 6.61 Å². The SMILES string of the molecule is C=C1CC(CCCO)O[C@H]1CC[C@@H]1CC(C)(C)C(=O)O1. The van der Waals surface area contributed by atoms with Crippen molar-refractivity contribution in [1.29, 1.82) is 0 Å². The Morgan fingerprint density at radius 3 is 2.65 bits per heavy atom. The molecule has 0 radical (unpaired) electrons. The van der Waals surface area contributed by atoms with Crippen molar-refractivity contribution >= 4 is 5.97 Å². The van der Waals surface area contributed by atoms with Crippen molar-refractivity contribution in [3.63, 3.8) is 0 Å². The summed E-state index contributed by atoms with van der Waals surface area (Å²) in [6.07, 6.45) is 5.35. The largest absolute Gasteiger partial charge is 0.462 e. The van der Waals surface area contributed by atoms with Gasteiger partial charge in [-0.2, -0.15) is 0 Å². The van der Waals surface area contributed by atoms with Gasteiger partial charge in [0.25, 0.3) is 0 Å². The molecule has 114 valence electrons. The molecule has 0 aliphatic carbocycles. The lowest BCUT2D eigenvalue weighted by atomic mass is 9.88. The summed E-state index contributed by atoms with van der Waals surface area (Å²) in [5.74, 6) is -0.0884. The molecule has 2 aliphatic rings. The molecule has 20 heavy (non-hydrogen) atoms. The highest BCUT2D eigenvalue weighted by molar-refractivity contribution is 5.78. The summed E-state index contributed by atoms with van der Waals surface area (Å²) in [6, 6.07) is 0. The molecule has 2 rings (SSSR count). The molecule has 4 heteroatoms. The van der Waals surface area contributed by atoms with Crippen molar-refractivity contribution in [2.45, 2.75) is 70.7 Å². The Hall–Kier alpha value is -0.870. The molecular formula is C16H26O4. The van der Waals surface area contributed by atoms with Crippen LogP contribution in [0.3, 0.4) is 0 Å². The van der Waals surface area contributed by atoms with Crippen LogP contribution in [-0.2, 0) is 14.3 Å². The van der Waals surface area contributed by atoms with Gasteiger partial charge in [0.15, 0.2) is 0 Å². The van der Waals surface area contributed by atoms with E-state index in [1.54, 1.807) is 0 Å². The first-order chi connectivity index (χ1) is 9.42. The van der Waals surface area contributed by atoms with E-state index in [9.17, 15) is 4.79 Å². The highest BCUT2D eigenvalue weighted by Crippen LogP contribution is 2.36. The molecule has 0 bridgehead atoms. The summed E-state index contributed by atoms with van der Waals surface area (Å²) in [5, 5.41) is 8.85. The van der Waals surface area contributed by atoms with Gasteiger partial charge in [-0.15, -0.1) is 0 Å². The van der Waals surface area contributed by atoms with Crippen LogP contribution in [0.25, 0.3) is 0 Å². The Kier molecular flexibility index (Phi) is 4.86. The van der Waals surface area contributed by atoms with E-state index in [0.29, 0.717) is 0 Å². The molecule has 2 saturated heterocycles. The number of rotatable bonds is 6. The number of ether oxygens (including phenoxy) is 2. The Bertz CT molecular complexity index is 375. The molecule has 2 aliphatic heterocycles. The Labute approximate surface area is 121 Å². The highest BCUT2D eigenvalue weighted by Gasteiger charge is 2.41. The topological polar surface area (TPSA) is 55.8 Å². The van der Waals surface area contributed by atoms with Crippen LogP contribution in [0, 0.1) is 5.41 Å². The number of carbonyl (C=O) groups is 1. The third-order valence-electron chi connectivity index (χ3n) is 4.30. The lowest BCUT2D eigenvalue weighted by Crippen LogP contribution is -2.16. The van der Waals surface area contributed by atoms with Gasteiger partial charge in [-0.05, 0) is 57.9 Å². The van der Waals surface area contributed by atoms with E-state index in [0.717, 1.165) is 44.1 Å². The van der Waals surface area contributed by atoms with Crippen LogP contribution in [0.4, 0.5) is 0 Å². The fourth-order valence-corrected chi connectivity index (χ4v) is 3.07. The second kappa shape index (κ2) is 6.27. The molecule has 0 aromatic carbocycles. The van der Waals surface area contributed by atoms with Crippen molar-refractivity contribution in [2.75, 3.05) is 6.61 Å². The molecule has 0 amide bonds. The fourth-order valence-electron chi connectivity index (χ4n) is 3.07. The summed E-state index contributed by atoms with van der Waals surface area (Å²) in [6.45, 7) is 8.17. The first-order valence-electron chi connectivity index (χ1n) is 7.57. The first kappa shape index (κ1) is 15.5. The predicted octanol–water partition coefficient (Wildman–Crippen LogP) is 2.59. The van der Waals surface area contributed by atoms with E-state index in [2.05, 4.69) is 6.58 Å². The molecule has 1 N–H and O–H groups in total. The van der Waals surface area contributed by atoms with Gasteiger partial charge in [0.05, 0.1) is 17.6 Å². The van der Waals surface area contributed by atoms with Crippen LogP contribution < -0.4 is 0 Å². The van der Waals surface area contributed by atoms with Gasteiger partial charge < -0.3 is 14.6 Å². The third-order valence-corrected chi connectivity index (χ3v) is 4.30. The van der Waals surface area contributed by atoms with Crippen molar-refractivity contribution in [1.82, 2.24) is 0 Å². The van der Waals surface area contributed by atoms with Crippen LogP contribution in [0.5, 0.6) is 0 Å². The minimum Gasteiger partial charge on any atom is -0.462 e.